The molecule has 0 aliphatic rings. The van der Waals surface area contributed by atoms with Gasteiger partial charge in [0.25, 0.3) is 0 Å². The summed E-state index contributed by atoms with van der Waals surface area (Å²) in [6.07, 6.45) is 0. The molecule has 9 heteroatoms. The Balaban J connectivity index is -0.0000000720. The molecule has 0 aromatic carbocycles. The van der Waals surface area contributed by atoms with Crippen LogP contribution in [0.25, 0.3) is 0 Å². The molecule has 0 heterocycles. The van der Waals surface area contributed by atoms with Gasteiger partial charge in [0.2, 0.25) is 0 Å². The SMILES string of the molecule is O=[PH](O)O.[Co].[O]=[W](=[O])[OH]. The van der Waals surface area contributed by atoms with Crippen LogP contribution in [-0.2, 0) is 45.8 Å². The molecule has 9 heavy (non-hydrogen) atoms. The van der Waals surface area contributed by atoms with Gasteiger partial charge in [-0.25, -0.2) is 0 Å². The van der Waals surface area contributed by atoms with Gasteiger partial charge < -0.3 is 9.79 Å². The number of hydrogen-bond donors (Lipinski definition) is 3. The van der Waals surface area contributed by atoms with Crippen LogP contribution in [0, 0.1) is 0 Å². The van der Waals surface area contributed by atoms with Crippen molar-refractivity contribution in [2.24, 2.45) is 0 Å². The van der Waals surface area contributed by atoms with Crippen molar-refractivity contribution in [3.63, 3.8) is 0 Å². The predicted molar refractivity (Wildman–Crippen MR) is 17.0 cm³/mol. The fourth-order valence-corrected chi connectivity index (χ4v) is 0. The Morgan fingerprint density at radius 2 is 1.22 bits per heavy atom. The van der Waals surface area contributed by atoms with E-state index in [9.17, 15) is 0 Å². The van der Waals surface area contributed by atoms with Crippen LogP contribution in [-0.4, -0.2) is 13.5 Å². The molecule has 6 nitrogen and oxygen atoms in total. The quantitative estimate of drug-likeness (QED) is 0.448. The van der Waals surface area contributed by atoms with Gasteiger partial charge in [-0.15, -0.1) is 0 Å². The van der Waals surface area contributed by atoms with E-state index in [1.807, 2.05) is 0 Å². The van der Waals surface area contributed by atoms with E-state index < -0.39 is 25.9 Å². The van der Waals surface area contributed by atoms with Crippen LogP contribution < -0.4 is 0 Å². The Morgan fingerprint density at radius 1 is 1.22 bits per heavy atom. The zero-order valence-electron chi connectivity index (χ0n) is 3.81. The minimum atomic E-state index is -4.03. The van der Waals surface area contributed by atoms with Crippen molar-refractivity contribution in [1.29, 1.82) is 0 Å². The molecule has 0 aliphatic carbocycles. The second kappa shape index (κ2) is 11.7. The van der Waals surface area contributed by atoms with Gasteiger partial charge in [-0.05, 0) is 0 Å². The molecule has 0 aromatic heterocycles. The van der Waals surface area contributed by atoms with Crippen LogP contribution in [0.4, 0.5) is 0 Å². The summed E-state index contributed by atoms with van der Waals surface area (Å²) in [5, 5.41) is 0. The van der Waals surface area contributed by atoms with Gasteiger partial charge in [0.1, 0.15) is 0 Å². The Morgan fingerprint density at radius 3 is 1.22 bits per heavy atom. The molecule has 0 spiro atoms. The van der Waals surface area contributed by atoms with Crippen LogP contribution in [0.2, 0.25) is 0 Å². The Kier molecular flexibility index (Phi) is 21.4. The number of rotatable bonds is 0. The standard InChI is InChI=1S/Co.H3O3P.H2O.2O.W/c;1-4(2)3;;;;/h;4H,(H2,1,2,3);1H2;;;/q;;;;;+1/p-1. The maximum absolute atomic E-state index is 8.74. The molecule has 0 amide bonds. The minimum absolute atomic E-state index is 0. The second-order valence-electron chi connectivity index (χ2n) is 0.500. The molecule has 0 atom stereocenters. The molecule has 0 aliphatic heterocycles. The van der Waals surface area contributed by atoms with E-state index in [2.05, 4.69) is 0 Å². The maximum atomic E-state index is 8.74. The summed E-state index contributed by atoms with van der Waals surface area (Å²) in [5.74, 6) is 0. The zero-order chi connectivity index (χ0) is 7.15. The van der Waals surface area contributed by atoms with Gasteiger partial charge in [0.05, 0.1) is 0 Å². The summed E-state index contributed by atoms with van der Waals surface area (Å²) < 4.78 is 33.3. The van der Waals surface area contributed by atoms with E-state index in [-0.39, 0.29) is 16.8 Å². The monoisotopic (exact) mass is 374 g/mol. The van der Waals surface area contributed by atoms with Crippen LogP contribution >= 0.6 is 8.25 Å². The van der Waals surface area contributed by atoms with Crippen LogP contribution in [0.3, 0.4) is 0 Å². The molecule has 0 unspecified atom stereocenters. The van der Waals surface area contributed by atoms with Crippen LogP contribution in [0.15, 0.2) is 0 Å². The average Bonchev–Trinajstić information content (AvgIpc) is 1.25. The summed E-state index contributed by atoms with van der Waals surface area (Å²) in [7, 11) is -3.13. The van der Waals surface area contributed by atoms with Crippen molar-refractivity contribution in [2.45, 2.75) is 0 Å². The van der Waals surface area contributed by atoms with Gasteiger partial charge in [-0.3, -0.25) is 4.57 Å². The molecule has 0 aromatic rings. The van der Waals surface area contributed by atoms with Gasteiger partial charge in [-0.1, -0.05) is 0 Å². The first-order chi connectivity index (χ1) is 3.46. The van der Waals surface area contributed by atoms with Crippen molar-refractivity contribution in [1.82, 2.24) is 0 Å². The van der Waals surface area contributed by atoms with E-state index >= 15 is 0 Å². The Hall–Kier alpha value is 0.905. The summed E-state index contributed by atoms with van der Waals surface area (Å²) in [6.45, 7) is 0. The molecular formula is H4CoO6PW. The van der Waals surface area contributed by atoms with E-state index in [0.717, 1.165) is 0 Å². The summed E-state index contributed by atoms with van der Waals surface area (Å²) >= 11 is -4.03. The van der Waals surface area contributed by atoms with E-state index in [0.29, 0.717) is 0 Å². The van der Waals surface area contributed by atoms with E-state index in [1.165, 1.54) is 0 Å². The third-order valence-electron chi connectivity index (χ3n) is 0. The molecule has 0 fully saturated rings. The molecule has 0 saturated carbocycles. The molecule has 1 radical (unpaired) electrons. The van der Waals surface area contributed by atoms with Crippen molar-refractivity contribution in [3.05, 3.63) is 0 Å². The predicted octanol–water partition coefficient (Wildman–Crippen LogP) is -1.44. The fraction of sp³-hybridized carbons (Fsp3) is 0. The van der Waals surface area contributed by atoms with Gasteiger partial charge >= 0.3 is 36.4 Å². The summed E-state index contributed by atoms with van der Waals surface area (Å²) in [4.78, 5) is 14.3. The third-order valence-corrected chi connectivity index (χ3v) is 0. The van der Waals surface area contributed by atoms with E-state index in [4.69, 9.17) is 24.9 Å². The average molecular weight is 374 g/mol. The molecular weight excluding hydrogens is 370 g/mol. The number of hydrogen-bond acceptors (Lipinski definition) is 3. The Bertz CT molecular complexity index is 115. The van der Waals surface area contributed by atoms with Gasteiger partial charge in [0, 0.05) is 16.8 Å². The second-order valence-corrected chi connectivity index (χ2v) is 2.62. The Labute approximate surface area is 67.7 Å². The topological polar surface area (TPSA) is 112 Å². The summed E-state index contributed by atoms with van der Waals surface area (Å²) in [6, 6.07) is 0. The fourth-order valence-electron chi connectivity index (χ4n) is 0. The van der Waals surface area contributed by atoms with Crippen LogP contribution in [0.1, 0.15) is 0 Å². The van der Waals surface area contributed by atoms with Crippen molar-refractivity contribution >= 4 is 8.25 Å². The summed E-state index contributed by atoms with van der Waals surface area (Å²) in [5.41, 5.74) is 0. The molecule has 3 N–H and O–H groups in total. The molecule has 60 valence electrons. The van der Waals surface area contributed by atoms with Crippen molar-refractivity contribution in [3.8, 4) is 0 Å². The molecule has 0 rings (SSSR count). The van der Waals surface area contributed by atoms with Gasteiger partial charge in [0.15, 0.2) is 0 Å². The third kappa shape index (κ3) is 519. The van der Waals surface area contributed by atoms with Crippen molar-refractivity contribution in [2.75, 3.05) is 0 Å². The first-order valence-electron chi connectivity index (χ1n) is 1.17. The zero-order valence-corrected chi connectivity index (χ0v) is 8.78. The normalized spacial score (nSPS) is 6.67. The van der Waals surface area contributed by atoms with Crippen LogP contribution in [0.5, 0.6) is 0 Å². The first kappa shape index (κ1) is 16.5. The first-order valence-corrected chi connectivity index (χ1v) is 6.18. The van der Waals surface area contributed by atoms with E-state index in [1.54, 1.807) is 0 Å². The van der Waals surface area contributed by atoms with Gasteiger partial charge in [-0.2, -0.15) is 0 Å². The molecule has 0 bridgehead atoms. The molecule has 0 saturated heterocycles. The van der Waals surface area contributed by atoms with Crippen molar-refractivity contribution < 1.29 is 59.3 Å².